The number of carbonyl (C=O) groups is 1. The number of para-hydroxylation sites is 1. The van der Waals surface area contributed by atoms with Crippen LogP contribution >= 0.6 is 22.9 Å². The summed E-state index contributed by atoms with van der Waals surface area (Å²) in [7, 11) is 1.56. The molecule has 0 radical (unpaired) electrons. The number of aromatic nitrogens is 1. The minimum absolute atomic E-state index is 0.0520. The summed E-state index contributed by atoms with van der Waals surface area (Å²) in [5.41, 5.74) is 0.866. The smallest absolute Gasteiger partial charge is 0.258 e. The van der Waals surface area contributed by atoms with E-state index >= 15 is 0 Å². The maximum atomic E-state index is 13.0. The topological polar surface area (TPSA) is 51.2 Å². The SMILES string of the molecule is COc1cccc2sc(NC(=O)c3ccc(F)cc3Cl)nc12. The molecule has 112 valence electrons. The van der Waals surface area contributed by atoms with Crippen molar-refractivity contribution in [3.8, 4) is 5.75 Å². The van der Waals surface area contributed by atoms with E-state index < -0.39 is 11.7 Å². The van der Waals surface area contributed by atoms with Crippen LogP contribution in [-0.2, 0) is 0 Å². The van der Waals surface area contributed by atoms with Crippen molar-refractivity contribution < 1.29 is 13.9 Å². The lowest BCUT2D eigenvalue weighted by Crippen LogP contribution is -2.12. The third kappa shape index (κ3) is 2.75. The largest absolute Gasteiger partial charge is 0.494 e. The predicted octanol–water partition coefficient (Wildman–Crippen LogP) is 4.35. The number of thiazole rings is 1. The van der Waals surface area contributed by atoms with Crippen LogP contribution in [0.5, 0.6) is 5.75 Å². The number of amides is 1. The highest BCUT2D eigenvalue weighted by Crippen LogP contribution is 2.32. The summed E-state index contributed by atoms with van der Waals surface area (Å²) >= 11 is 7.20. The fourth-order valence-corrected chi connectivity index (χ4v) is 3.11. The van der Waals surface area contributed by atoms with Crippen LogP contribution in [0.2, 0.25) is 5.02 Å². The standard InChI is InChI=1S/C15H10ClFN2O2S/c1-21-11-3-2-4-12-13(11)18-15(22-12)19-14(20)9-6-5-8(17)7-10(9)16/h2-7H,1H3,(H,18,19,20). The van der Waals surface area contributed by atoms with Crippen LogP contribution in [0.4, 0.5) is 9.52 Å². The Labute approximate surface area is 134 Å². The average Bonchev–Trinajstić information content (AvgIpc) is 2.89. The van der Waals surface area contributed by atoms with Crippen molar-refractivity contribution in [3.63, 3.8) is 0 Å². The molecule has 1 N–H and O–H groups in total. The summed E-state index contributed by atoms with van der Waals surface area (Å²) in [5.74, 6) is -0.302. The first-order valence-corrected chi connectivity index (χ1v) is 7.48. The van der Waals surface area contributed by atoms with Gasteiger partial charge < -0.3 is 4.74 Å². The molecule has 3 rings (SSSR count). The van der Waals surface area contributed by atoms with Crippen molar-refractivity contribution in [3.05, 3.63) is 52.8 Å². The van der Waals surface area contributed by atoms with Crippen molar-refractivity contribution in [2.45, 2.75) is 0 Å². The van der Waals surface area contributed by atoms with Crippen LogP contribution in [0, 0.1) is 5.82 Å². The fraction of sp³-hybridized carbons (Fsp3) is 0.0667. The second kappa shape index (κ2) is 5.90. The van der Waals surface area contributed by atoms with Gasteiger partial charge in [0.15, 0.2) is 5.13 Å². The highest BCUT2D eigenvalue weighted by atomic mass is 35.5. The first kappa shape index (κ1) is 14.7. The number of ether oxygens (including phenoxy) is 1. The Morgan fingerprint density at radius 1 is 1.36 bits per heavy atom. The first-order chi connectivity index (χ1) is 10.6. The molecule has 3 aromatic rings. The highest BCUT2D eigenvalue weighted by Gasteiger charge is 2.14. The van der Waals surface area contributed by atoms with Crippen molar-refractivity contribution in [2.75, 3.05) is 12.4 Å². The van der Waals surface area contributed by atoms with Crippen LogP contribution in [0.25, 0.3) is 10.2 Å². The number of anilines is 1. The molecule has 0 atom stereocenters. The number of nitrogens with zero attached hydrogens (tertiary/aromatic N) is 1. The van der Waals surface area contributed by atoms with Gasteiger partial charge in [-0.1, -0.05) is 29.0 Å². The Balaban J connectivity index is 1.91. The molecule has 0 aliphatic heterocycles. The van der Waals surface area contributed by atoms with Gasteiger partial charge in [0.2, 0.25) is 0 Å². The lowest BCUT2D eigenvalue weighted by atomic mass is 10.2. The minimum atomic E-state index is -0.494. The summed E-state index contributed by atoms with van der Waals surface area (Å²) in [5, 5.41) is 3.14. The van der Waals surface area contributed by atoms with E-state index in [4.69, 9.17) is 16.3 Å². The summed E-state index contributed by atoms with van der Waals surface area (Å²) in [6, 6.07) is 9.14. The molecule has 0 aliphatic carbocycles. The van der Waals surface area contributed by atoms with Gasteiger partial charge >= 0.3 is 0 Å². The number of methoxy groups -OCH3 is 1. The Bertz CT molecular complexity index is 866. The normalized spacial score (nSPS) is 10.7. The van der Waals surface area contributed by atoms with Gasteiger partial charge in [-0.3, -0.25) is 10.1 Å². The first-order valence-electron chi connectivity index (χ1n) is 6.28. The third-order valence-electron chi connectivity index (χ3n) is 3.00. The van der Waals surface area contributed by atoms with Crippen LogP contribution in [-0.4, -0.2) is 18.0 Å². The van der Waals surface area contributed by atoms with E-state index in [1.807, 2.05) is 12.1 Å². The quantitative estimate of drug-likeness (QED) is 0.773. The Morgan fingerprint density at radius 3 is 2.91 bits per heavy atom. The average molecular weight is 337 g/mol. The maximum Gasteiger partial charge on any atom is 0.258 e. The van der Waals surface area contributed by atoms with Crippen LogP contribution in [0.15, 0.2) is 36.4 Å². The molecule has 0 saturated heterocycles. The van der Waals surface area contributed by atoms with E-state index in [1.54, 1.807) is 13.2 Å². The van der Waals surface area contributed by atoms with Crippen LogP contribution < -0.4 is 10.1 Å². The van der Waals surface area contributed by atoms with E-state index in [0.717, 1.165) is 10.8 Å². The molecule has 1 amide bonds. The molecule has 2 aromatic carbocycles. The lowest BCUT2D eigenvalue weighted by Gasteiger charge is -2.03. The molecule has 0 fully saturated rings. The molecule has 22 heavy (non-hydrogen) atoms. The zero-order chi connectivity index (χ0) is 15.7. The summed E-state index contributed by atoms with van der Waals surface area (Å²) in [6.45, 7) is 0. The predicted molar refractivity (Wildman–Crippen MR) is 85.5 cm³/mol. The molecule has 0 bridgehead atoms. The van der Waals surface area contributed by atoms with E-state index in [0.29, 0.717) is 16.4 Å². The maximum absolute atomic E-state index is 13.0. The Morgan fingerprint density at radius 2 is 2.18 bits per heavy atom. The second-order valence-corrected chi connectivity index (χ2v) is 5.84. The van der Waals surface area contributed by atoms with Crippen LogP contribution in [0.1, 0.15) is 10.4 Å². The van der Waals surface area contributed by atoms with Gasteiger partial charge in [-0.15, -0.1) is 0 Å². The number of rotatable bonds is 3. The van der Waals surface area contributed by atoms with E-state index in [-0.39, 0.29) is 10.6 Å². The molecule has 7 heteroatoms. The number of hydrogen-bond donors (Lipinski definition) is 1. The number of benzene rings is 2. The zero-order valence-electron chi connectivity index (χ0n) is 11.4. The molecule has 4 nitrogen and oxygen atoms in total. The summed E-state index contributed by atoms with van der Waals surface area (Å²) < 4.78 is 19.1. The number of hydrogen-bond acceptors (Lipinski definition) is 4. The zero-order valence-corrected chi connectivity index (χ0v) is 13.0. The number of halogens is 2. The van der Waals surface area contributed by atoms with Gasteiger partial charge in [-0.05, 0) is 30.3 Å². The fourth-order valence-electron chi connectivity index (χ4n) is 1.98. The highest BCUT2D eigenvalue weighted by molar-refractivity contribution is 7.22. The molecule has 0 spiro atoms. The molecule has 1 aromatic heterocycles. The third-order valence-corrected chi connectivity index (χ3v) is 4.25. The summed E-state index contributed by atoms with van der Waals surface area (Å²) in [4.78, 5) is 16.5. The molecule has 1 heterocycles. The number of carbonyl (C=O) groups excluding carboxylic acids is 1. The minimum Gasteiger partial charge on any atom is -0.494 e. The number of nitrogens with one attached hydrogen (secondary N) is 1. The van der Waals surface area contributed by atoms with Gasteiger partial charge in [0, 0.05) is 0 Å². The Kier molecular flexibility index (Phi) is 3.96. The van der Waals surface area contributed by atoms with Gasteiger partial charge in [-0.25, -0.2) is 9.37 Å². The van der Waals surface area contributed by atoms with E-state index in [2.05, 4.69) is 10.3 Å². The van der Waals surface area contributed by atoms with Crippen molar-refractivity contribution in [2.24, 2.45) is 0 Å². The van der Waals surface area contributed by atoms with Crippen molar-refractivity contribution in [1.82, 2.24) is 4.98 Å². The molecular weight excluding hydrogens is 327 g/mol. The number of fused-ring (bicyclic) bond motifs is 1. The van der Waals surface area contributed by atoms with Gasteiger partial charge in [0.05, 0.1) is 22.4 Å². The molecule has 0 saturated carbocycles. The Hall–Kier alpha value is -2.18. The van der Waals surface area contributed by atoms with Gasteiger partial charge in [0.25, 0.3) is 5.91 Å². The van der Waals surface area contributed by atoms with Crippen molar-refractivity contribution in [1.29, 1.82) is 0 Å². The summed E-state index contributed by atoms with van der Waals surface area (Å²) in [6.07, 6.45) is 0. The molecule has 0 unspecified atom stereocenters. The second-order valence-electron chi connectivity index (χ2n) is 4.40. The molecular formula is C15H10ClFN2O2S. The van der Waals surface area contributed by atoms with E-state index in [1.165, 1.54) is 23.5 Å². The monoisotopic (exact) mass is 336 g/mol. The van der Waals surface area contributed by atoms with Gasteiger partial charge in [0.1, 0.15) is 17.1 Å². The molecule has 0 aliphatic rings. The van der Waals surface area contributed by atoms with Crippen LogP contribution in [0.3, 0.4) is 0 Å². The van der Waals surface area contributed by atoms with Crippen molar-refractivity contribution >= 4 is 44.2 Å². The lowest BCUT2D eigenvalue weighted by molar-refractivity contribution is 0.102. The van der Waals surface area contributed by atoms with Gasteiger partial charge in [-0.2, -0.15) is 0 Å². The van der Waals surface area contributed by atoms with E-state index in [9.17, 15) is 9.18 Å².